The predicted octanol–water partition coefficient (Wildman–Crippen LogP) is 3.64. The van der Waals surface area contributed by atoms with Crippen molar-refractivity contribution in [1.29, 1.82) is 0 Å². The molecule has 1 heterocycles. The summed E-state index contributed by atoms with van der Waals surface area (Å²) in [7, 11) is 0. The number of halogens is 1. The average molecular weight is 316 g/mol. The first-order chi connectivity index (χ1) is 10.6. The molecule has 0 saturated carbocycles. The van der Waals surface area contributed by atoms with Crippen LogP contribution in [-0.2, 0) is 12.8 Å². The van der Waals surface area contributed by atoms with Crippen LogP contribution in [0.3, 0.4) is 0 Å². The third-order valence-corrected chi connectivity index (χ3v) is 3.96. The van der Waals surface area contributed by atoms with Crippen molar-refractivity contribution in [2.24, 2.45) is 0 Å². The summed E-state index contributed by atoms with van der Waals surface area (Å²) in [6, 6.07) is 13.6. The van der Waals surface area contributed by atoms with Gasteiger partial charge in [0.15, 0.2) is 0 Å². The first kappa shape index (κ1) is 14.9. The number of benzene rings is 2. The van der Waals surface area contributed by atoms with Crippen molar-refractivity contribution in [2.75, 3.05) is 6.54 Å². The number of fused-ring (bicyclic) bond motifs is 1. The van der Waals surface area contributed by atoms with E-state index in [-0.39, 0.29) is 12.0 Å². The Morgan fingerprint density at radius 1 is 1.32 bits per heavy atom. The van der Waals surface area contributed by atoms with E-state index < -0.39 is 0 Å². The van der Waals surface area contributed by atoms with Crippen LogP contribution in [-0.4, -0.2) is 18.6 Å². The number of carbonyl (C=O) groups excluding carboxylic acids is 1. The molecule has 1 N–H and O–H groups in total. The highest BCUT2D eigenvalue weighted by molar-refractivity contribution is 6.31. The van der Waals surface area contributed by atoms with Gasteiger partial charge in [-0.2, -0.15) is 0 Å². The fourth-order valence-corrected chi connectivity index (χ4v) is 2.96. The number of ether oxygens (including phenoxy) is 1. The van der Waals surface area contributed by atoms with Crippen molar-refractivity contribution in [3.63, 3.8) is 0 Å². The normalized spacial score (nSPS) is 16.0. The highest BCUT2D eigenvalue weighted by atomic mass is 35.5. The second-order valence-electron chi connectivity index (χ2n) is 5.57. The molecule has 0 aromatic heterocycles. The molecule has 0 radical (unpaired) electrons. The molecule has 0 spiro atoms. The Morgan fingerprint density at radius 3 is 2.86 bits per heavy atom. The standard InChI is InChI=1S/C18H18ClNO2/c1-12-9-14-10-15(19)11-16(17(14)22-12)18(21)20-8-7-13-5-3-2-4-6-13/h2-6,10-12H,7-9H2,1H3,(H,20,21)/t12-/m0/s1. The van der Waals surface area contributed by atoms with E-state index >= 15 is 0 Å². The molecule has 2 aromatic rings. The number of hydrogen-bond donors (Lipinski definition) is 1. The minimum absolute atomic E-state index is 0.0873. The van der Waals surface area contributed by atoms with Crippen LogP contribution in [0.2, 0.25) is 5.02 Å². The van der Waals surface area contributed by atoms with Gasteiger partial charge in [-0.1, -0.05) is 41.9 Å². The molecule has 3 rings (SSSR count). The largest absolute Gasteiger partial charge is 0.489 e. The minimum Gasteiger partial charge on any atom is -0.489 e. The first-order valence-corrected chi connectivity index (χ1v) is 7.82. The molecule has 3 nitrogen and oxygen atoms in total. The summed E-state index contributed by atoms with van der Waals surface area (Å²) in [4.78, 5) is 12.4. The van der Waals surface area contributed by atoms with Crippen LogP contribution in [0.1, 0.15) is 28.4 Å². The second kappa shape index (κ2) is 6.41. The molecule has 4 heteroatoms. The zero-order valence-corrected chi connectivity index (χ0v) is 13.2. The highest BCUT2D eigenvalue weighted by Crippen LogP contribution is 2.35. The van der Waals surface area contributed by atoms with Gasteiger partial charge in [-0.3, -0.25) is 4.79 Å². The highest BCUT2D eigenvalue weighted by Gasteiger charge is 2.25. The molecule has 0 saturated heterocycles. The lowest BCUT2D eigenvalue weighted by Crippen LogP contribution is -2.26. The van der Waals surface area contributed by atoms with Gasteiger partial charge in [-0.05, 0) is 31.0 Å². The van der Waals surface area contributed by atoms with E-state index in [1.165, 1.54) is 5.56 Å². The number of nitrogens with one attached hydrogen (secondary N) is 1. The Balaban J connectivity index is 1.68. The summed E-state index contributed by atoms with van der Waals surface area (Å²) < 4.78 is 5.76. The quantitative estimate of drug-likeness (QED) is 0.935. The van der Waals surface area contributed by atoms with E-state index in [1.54, 1.807) is 6.07 Å². The van der Waals surface area contributed by atoms with Crippen molar-refractivity contribution in [1.82, 2.24) is 5.32 Å². The van der Waals surface area contributed by atoms with Gasteiger partial charge in [0.2, 0.25) is 0 Å². The van der Waals surface area contributed by atoms with E-state index in [0.29, 0.717) is 22.9 Å². The summed E-state index contributed by atoms with van der Waals surface area (Å²) in [5.74, 6) is 0.540. The Kier molecular flexibility index (Phi) is 4.34. The van der Waals surface area contributed by atoms with E-state index in [4.69, 9.17) is 16.3 Å². The molecule has 1 aliphatic rings. The number of hydrogen-bond acceptors (Lipinski definition) is 2. The van der Waals surface area contributed by atoms with E-state index in [0.717, 1.165) is 18.4 Å². The number of amides is 1. The Labute approximate surface area is 135 Å². The van der Waals surface area contributed by atoms with Gasteiger partial charge >= 0.3 is 0 Å². The first-order valence-electron chi connectivity index (χ1n) is 7.44. The van der Waals surface area contributed by atoms with Gasteiger partial charge in [0.25, 0.3) is 5.91 Å². The summed E-state index contributed by atoms with van der Waals surface area (Å²) in [6.45, 7) is 2.57. The van der Waals surface area contributed by atoms with Crippen LogP contribution in [0.4, 0.5) is 0 Å². The molecule has 0 bridgehead atoms. The van der Waals surface area contributed by atoms with Gasteiger partial charge in [0.1, 0.15) is 11.9 Å². The summed E-state index contributed by atoms with van der Waals surface area (Å²) in [5.41, 5.74) is 2.73. The maximum Gasteiger partial charge on any atom is 0.255 e. The van der Waals surface area contributed by atoms with Crippen LogP contribution < -0.4 is 10.1 Å². The van der Waals surface area contributed by atoms with E-state index in [2.05, 4.69) is 5.32 Å². The van der Waals surface area contributed by atoms with Crippen LogP contribution in [0.15, 0.2) is 42.5 Å². The molecule has 0 aliphatic carbocycles. The van der Waals surface area contributed by atoms with Gasteiger partial charge in [-0.15, -0.1) is 0 Å². The molecule has 114 valence electrons. The maximum absolute atomic E-state index is 12.4. The molecular weight excluding hydrogens is 298 g/mol. The van der Waals surface area contributed by atoms with Crippen molar-refractivity contribution >= 4 is 17.5 Å². The molecule has 2 aromatic carbocycles. The number of carbonyl (C=O) groups is 1. The van der Waals surface area contributed by atoms with Crippen molar-refractivity contribution in [3.05, 3.63) is 64.2 Å². The third-order valence-electron chi connectivity index (χ3n) is 3.74. The number of rotatable bonds is 4. The van der Waals surface area contributed by atoms with Crippen molar-refractivity contribution in [3.8, 4) is 5.75 Å². The lowest BCUT2D eigenvalue weighted by atomic mass is 10.1. The van der Waals surface area contributed by atoms with Crippen molar-refractivity contribution in [2.45, 2.75) is 25.9 Å². The Bertz CT molecular complexity index is 685. The maximum atomic E-state index is 12.4. The lowest BCUT2D eigenvalue weighted by molar-refractivity contribution is 0.0949. The van der Waals surface area contributed by atoms with Crippen molar-refractivity contribution < 1.29 is 9.53 Å². The van der Waals surface area contributed by atoms with Crippen LogP contribution in [0, 0.1) is 0 Å². The van der Waals surface area contributed by atoms with Crippen LogP contribution >= 0.6 is 11.6 Å². The predicted molar refractivity (Wildman–Crippen MR) is 87.7 cm³/mol. The zero-order chi connectivity index (χ0) is 15.5. The van der Waals surface area contributed by atoms with Gasteiger partial charge in [0.05, 0.1) is 5.56 Å². The second-order valence-corrected chi connectivity index (χ2v) is 6.00. The Hall–Kier alpha value is -2.00. The lowest BCUT2D eigenvalue weighted by Gasteiger charge is -2.11. The molecule has 1 atom stereocenters. The van der Waals surface area contributed by atoms with Gasteiger partial charge < -0.3 is 10.1 Å². The average Bonchev–Trinajstić information content (AvgIpc) is 2.87. The molecule has 1 amide bonds. The monoisotopic (exact) mass is 315 g/mol. The van der Waals surface area contributed by atoms with E-state index in [9.17, 15) is 4.79 Å². The fraction of sp³-hybridized carbons (Fsp3) is 0.278. The summed E-state index contributed by atoms with van der Waals surface area (Å²) >= 11 is 6.11. The van der Waals surface area contributed by atoms with Crippen LogP contribution in [0.5, 0.6) is 5.75 Å². The minimum atomic E-state index is -0.135. The third kappa shape index (κ3) is 3.25. The SMILES string of the molecule is C[C@H]1Cc2cc(Cl)cc(C(=O)NCCc3ccccc3)c2O1. The van der Waals surface area contributed by atoms with Gasteiger partial charge in [0, 0.05) is 23.6 Å². The fourth-order valence-electron chi connectivity index (χ4n) is 2.72. The topological polar surface area (TPSA) is 38.3 Å². The zero-order valence-electron chi connectivity index (χ0n) is 12.4. The molecule has 22 heavy (non-hydrogen) atoms. The van der Waals surface area contributed by atoms with Gasteiger partial charge in [-0.25, -0.2) is 0 Å². The molecule has 1 aliphatic heterocycles. The summed E-state index contributed by atoms with van der Waals surface area (Å²) in [6.07, 6.45) is 1.68. The molecule has 0 fully saturated rings. The smallest absolute Gasteiger partial charge is 0.255 e. The van der Waals surface area contributed by atoms with Crippen LogP contribution in [0.25, 0.3) is 0 Å². The molecular formula is C18H18ClNO2. The molecule has 0 unspecified atom stereocenters. The summed E-state index contributed by atoms with van der Waals surface area (Å²) in [5, 5.41) is 3.52. The Morgan fingerprint density at radius 2 is 2.09 bits per heavy atom. The van der Waals surface area contributed by atoms with E-state index in [1.807, 2.05) is 43.3 Å².